The summed E-state index contributed by atoms with van der Waals surface area (Å²) in [5.41, 5.74) is 9.81. The lowest BCUT2D eigenvalue weighted by molar-refractivity contribution is -0.135. The number of piperidine rings is 1. The van der Waals surface area contributed by atoms with Crippen LogP contribution < -0.4 is 10.5 Å². The van der Waals surface area contributed by atoms with E-state index >= 15 is 0 Å². The van der Waals surface area contributed by atoms with Gasteiger partial charge in [-0.1, -0.05) is 42.5 Å². The highest BCUT2D eigenvalue weighted by molar-refractivity contribution is 5.78. The minimum atomic E-state index is -0.108. The molecule has 0 spiro atoms. The second-order valence-electron chi connectivity index (χ2n) is 7.84. The number of methoxy groups -OCH3 is 1. The Morgan fingerprint density at radius 1 is 1.16 bits per heavy atom. The highest BCUT2D eigenvalue weighted by Crippen LogP contribution is 2.37. The summed E-state index contributed by atoms with van der Waals surface area (Å²) in [4.78, 5) is 24.0. The Morgan fingerprint density at radius 3 is 2.81 bits per heavy atom. The van der Waals surface area contributed by atoms with E-state index in [2.05, 4.69) is 22.1 Å². The number of nitrogens with zero attached hydrogens (tertiary/aromatic N) is 3. The number of amides is 1. The van der Waals surface area contributed by atoms with Crippen molar-refractivity contribution in [1.29, 1.82) is 0 Å². The molecule has 1 aliphatic heterocycles. The molecule has 2 aromatic carbocycles. The average molecular weight is 417 g/mol. The number of rotatable bonds is 6. The van der Waals surface area contributed by atoms with E-state index in [1.165, 1.54) is 5.56 Å². The van der Waals surface area contributed by atoms with E-state index in [-0.39, 0.29) is 17.9 Å². The minimum absolute atomic E-state index is 0.108. The van der Waals surface area contributed by atoms with E-state index in [1.807, 2.05) is 47.4 Å². The first kappa shape index (κ1) is 20.8. The van der Waals surface area contributed by atoms with Gasteiger partial charge in [-0.25, -0.2) is 9.97 Å². The van der Waals surface area contributed by atoms with E-state index in [4.69, 9.17) is 10.5 Å². The van der Waals surface area contributed by atoms with Crippen molar-refractivity contribution in [3.05, 3.63) is 72.1 Å². The number of aromatic nitrogens is 2. The lowest BCUT2D eigenvalue weighted by Gasteiger charge is -2.36. The van der Waals surface area contributed by atoms with Crippen LogP contribution in [0.4, 0.5) is 5.95 Å². The maximum atomic E-state index is 13.2. The quantitative estimate of drug-likeness (QED) is 0.643. The molecule has 6 nitrogen and oxygen atoms in total. The highest BCUT2D eigenvalue weighted by atomic mass is 16.5. The summed E-state index contributed by atoms with van der Waals surface area (Å²) in [7, 11) is 1.65. The van der Waals surface area contributed by atoms with Crippen LogP contribution in [0.1, 0.15) is 43.0 Å². The molecule has 4 rings (SSSR count). The van der Waals surface area contributed by atoms with Gasteiger partial charge in [0.1, 0.15) is 5.75 Å². The number of nitrogen functional groups attached to an aromatic ring is 1. The molecule has 2 heterocycles. The number of anilines is 1. The fraction of sp³-hybridized carbons (Fsp3) is 0.320. The first-order chi connectivity index (χ1) is 15.2. The van der Waals surface area contributed by atoms with Crippen molar-refractivity contribution >= 4 is 11.9 Å². The van der Waals surface area contributed by atoms with Crippen molar-refractivity contribution in [2.24, 2.45) is 0 Å². The summed E-state index contributed by atoms with van der Waals surface area (Å²) >= 11 is 0. The molecule has 0 bridgehead atoms. The Hall–Kier alpha value is -3.41. The fourth-order valence-electron chi connectivity index (χ4n) is 4.23. The predicted octanol–water partition coefficient (Wildman–Crippen LogP) is 4.42. The van der Waals surface area contributed by atoms with E-state index in [0.717, 1.165) is 54.8 Å². The molecule has 0 radical (unpaired) electrons. The van der Waals surface area contributed by atoms with Crippen molar-refractivity contribution in [2.75, 3.05) is 19.4 Å². The number of benzene rings is 2. The van der Waals surface area contributed by atoms with E-state index in [1.54, 1.807) is 13.3 Å². The molecule has 160 valence electrons. The topological polar surface area (TPSA) is 81.3 Å². The monoisotopic (exact) mass is 416 g/mol. The molecule has 6 heteroatoms. The van der Waals surface area contributed by atoms with Crippen LogP contribution in [0.15, 0.2) is 60.8 Å². The summed E-state index contributed by atoms with van der Waals surface area (Å²) in [6.07, 6.45) is 5.89. The number of aryl methyl sites for hydroxylation is 1. The number of ether oxygens (including phenoxy) is 1. The lowest BCUT2D eigenvalue weighted by Crippen LogP contribution is -2.39. The summed E-state index contributed by atoms with van der Waals surface area (Å²) in [5, 5.41) is 0. The molecule has 1 unspecified atom stereocenters. The van der Waals surface area contributed by atoms with Gasteiger partial charge in [0.25, 0.3) is 0 Å². The predicted molar refractivity (Wildman–Crippen MR) is 122 cm³/mol. The highest BCUT2D eigenvalue weighted by Gasteiger charge is 2.31. The van der Waals surface area contributed by atoms with Gasteiger partial charge in [-0.3, -0.25) is 4.79 Å². The van der Waals surface area contributed by atoms with Crippen LogP contribution in [0.2, 0.25) is 0 Å². The molecule has 1 saturated heterocycles. The summed E-state index contributed by atoms with van der Waals surface area (Å²) in [6, 6.07) is 17.8. The van der Waals surface area contributed by atoms with Gasteiger partial charge in [0.05, 0.1) is 18.8 Å². The van der Waals surface area contributed by atoms with E-state index < -0.39 is 0 Å². The molecule has 1 atom stereocenters. The zero-order valence-electron chi connectivity index (χ0n) is 17.8. The molecular weight excluding hydrogens is 388 g/mol. The van der Waals surface area contributed by atoms with Crippen molar-refractivity contribution in [1.82, 2.24) is 14.9 Å². The molecule has 31 heavy (non-hydrogen) atoms. The SMILES string of the molecule is COc1cccc(-c2cnc(N)nc2C2CCCCN2C(=O)CCc2ccccc2)c1. The largest absolute Gasteiger partial charge is 0.497 e. The van der Waals surface area contributed by atoms with Crippen LogP contribution in [0.5, 0.6) is 5.75 Å². The molecule has 1 amide bonds. The zero-order chi connectivity index (χ0) is 21.6. The molecule has 0 saturated carbocycles. The van der Waals surface area contributed by atoms with Crippen LogP contribution in [-0.4, -0.2) is 34.4 Å². The molecule has 1 aliphatic rings. The van der Waals surface area contributed by atoms with Gasteiger partial charge in [-0.05, 0) is 48.9 Å². The van der Waals surface area contributed by atoms with Crippen molar-refractivity contribution in [3.63, 3.8) is 0 Å². The third-order valence-corrected chi connectivity index (χ3v) is 5.83. The third-order valence-electron chi connectivity index (χ3n) is 5.83. The molecular formula is C25H28N4O2. The summed E-state index contributed by atoms with van der Waals surface area (Å²) in [6.45, 7) is 0.736. The smallest absolute Gasteiger partial charge is 0.223 e. The normalized spacial score (nSPS) is 16.2. The third kappa shape index (κ3) is 4.85. The number of carbonyl (C=O) groups is 1. The second-order valence-corrected chi connectivity index (χ2v) is 7.84. The molecule has 1 fully saturated rings. The maximum absolute atomic E-state index is 13.2. The van der Waals surface area contributed by atoms with Gasteiger partial charge >= 0.3 is 0 Å². The van der Waals surface area contributed by atoms with Gasteiger partial charge in [0.15, 0.2) is 0 Å². The number of likely N-dealkylation sites (tertiary alicyclic amines) is 1. The molecule has 3 aromatic rings. The first-order valence-electron chi connectivity index (χ1n) is 10.8. The fourth-order valence-corrected chi connectivity index (χ4v) is 4.23. The minimum Gasteiger partial charge on any atom is -0.497 e. The molecule has 2 N–H and O–H groups in total. The molecule has 1 aromatic heterocycles. The maximum Gasteiger partial charge on any atom is 0.223 e. The Kier molecular flexibility index (Phi) is 6.46. The van der Waals surface area contributed by atoms with Gasteiger partial charge in [0, 0.05) is 24.7 Å². The van der Waals surface area contributed by atoms with Gasteiger partial charge in [0.2, 0.25) is 11.9 Å². The number of nitrogens with two attached hydrogens (primary N) is 1. The second kappa shape index (κ2) is 9.60. The number of hydrogen-bond acceptors (Lipinski definition) is 5. The Morgan fingerprint density at radius 2 is 2.00 bits per heavy atom. The van der Waals surface area contributed by atoms with Crippen LogP contribution in [-0.2, 0) is 11.2 Å². The zero-order valence-corrected chi connectivity index (χ0v) is 17.8. The van der Waals surface area contributed by atoms with Crippen LogP contribution in [0, 0.1) is 0 Å². The van der Waals surface area contributed by atoms with Gasteiger partial charge in [-0.2, -0.15) is 0 Å². The van der Waals surface area contributed by atoms with Gasteiger partial charge < -0.3 is 15.4 Å². The first-order valence-corrected chi connectivity index (χ1v) is 10.8. The lowest BCUT2D eigenvalue weighted by atomic mass is 9.93. The Bertz CT molecular complexity index is 1040. The van der Waals surface area contributed by atoms with Crippen LogP contribution in [0.3, 0.4) is 0 Å². The standard InChI is InChI=1S/C25H28N4O2/c1-31-20-11-7-10-19(16-20)21-17-27-25(26)28-24(21)22-12-5-6-15-29(22)23(30)14-13-18-8-3-2-4-9-18/h2-4,7-11,16-17,22H,5-6,12-15H2,1H3,(H2,26,27,28). The average Bonchev–Trinajstić information content (AvgIpc) is 2.83. The van der Waals surface area contributed by atoms with E-state index in [9.17, 15) is 4.79 Å². The Balaban J connectivity index is 1.63. The summed E-state index contributed by atoms with van der Waals surface area (Å²) in [5.74, 6) is 1.14. The number of hydrogen-bond donors (Lipinski definition) is 1. The van der Waals surface area contributed by atoms with Crippen molar-refractivity contribution in [3.8, 4) is 16.9 Å². The molecule has 0 aliphatic carbocycles. The Labute approximate surface area is 183 Å². The number of carbonyl (C=O) groups excluding carboxylic acids is 1. The van der Waals surface area contributed by atoms with Crippen LogP contribution in [0.25, 0.3) is 11.1 Å². The summed E-state index contributed by atoms with van der Waals surface area (Å²) < 4.78 is 5.39. The van der Waals surface area contributed by atoms with Crippen LogP contribution >= 0.6 is 0 Å². The van der Waals surface area contributed by atoms with Gasteiger partial charge in [-0.15, -0.1) is 0 Å². The van der Waals surface area contributed by atoms with E-state index in [0.29, 0.717) is 6.42 Å². The van der Waals surface area contributed by atoms with Crippen molar-refractivity contribution in [2.45, 2.75) is 38.1 Å². The van der Waals surface area contributed by atoms with Crippen molar-refractivity contribution < 1.29 is 9.53 Å².